The van der Waals surface area contributed by atoms with E-state index in [1.165, 1.54) is 54.4 Å². The van der Waals surface area contributed by atoms with Crippen molar-refractivity contribution >= 4 is 59.9 Å². The number of benzene rings is 7. The Morgan fingerprint density at radius 2 is 0.846 bits per heavy atom. The molecule has 7 aromatic carbocycles. The molecule has 52 heavy (non-hydrogen) atoms. The van der Waals surface area contributed by atoms with Crippen molar-refractivity contribution in [1.29, 1.82) is 0 Å². The van der Waals surface area contributed by atoms with Crippen molar-refractivity contribution in [3.05, 3.63) is 176 Å². The molecule has 4 heterocycles. The first-order valence-electron chi connectivity index (χ1n) is 17.5. The highest BCUT2D eigenvalue weighted by atomic mass is 15.0. The van der Waals surface area contributed by atoms with Crippen molar-refractivity contribution in [1.82, 2.24) is 23.9 Å². The number of fused-ring (bicyclic) bond motifs is 12. The predicted molar refractivity (Wildman–Crippen MR) is 214 cm³/mol. The maximum absolute atomic E-state index is 5.06. The summed E-state index contributed by atoms with van der Waals surface area (Å²) in [7, 11) is 0. The van der Waals surface area contributed by atoms with Crippen molar-refractivity contribution < 1.29 is 0 Å². The fourth-order valence-corrected chi connectivity index (χ4v) is 8.01. The molecule has 0 N–H and O–H groups in total. The van der Waals surface area contributed by atoms with Gasteiger partial charge in [-0.2, -0.15) is 0 Å². The lowest BCUT2D eigenvalue weighted by atomic mass is 10.0. The van der Waals surface area contributed by atoms with Crippen LogP contribution in [-0.4, -0.2) is 23.9 Å². The summed E-state index contributed by atoms with van der Waals surface area (Å²) >= 11 is 0. The number of rotatable bonds is 4. The van der Waals surface area contributed by atoms with Crippen LogP contribution in [0.2, 0.25) is 0 Å². The summed E-state index contributed by atoms with van der Waals surface area (Å²) in [5, 5.41) is 7.34. The van der Waals surface area contributed by atoms with Gasteiger partial charge < -0.3 is 8.97 Å². The van der Waals surface area contributed by atoms with Crippen LogP contribution in [0.4, 0.5) is 0 Å². The smallest absolute Gasteiger partial charge is 0.164 e. The number of hydrogen-bond acceptors (Lipinski definition) is 3. The fraction of sp³-hybridized carbons (Fsp3) is 0. The first-order chi connectivity index (χ1) is 25.8. The van der Waals surface area contributed by atoms with Gasteiger partial charge in [-0.05, 0) is 35.7 Å². The number of aromatic nitrogens is 5. The topological polar surface area (TPSA) is 48.0 Å². The summed E-state index contributed by atoms with van der Waals surface area (Å²) in [5.41, 5.74) is 9.75. The van der Waals surface area contributed by atoms with E-state index in [0.29, 0.717) is 17.5 Å². The molecule has 5 heteroatoms. The number of para-hydroxylation sites is 2. The molecule has 0 unspecified atom stereocenters. The molecule has 0 spiro atoms. The molecule has 242 valence electrons. The predicted octanol–water partition coefficient (Wildman–Crippen LogP) is 11.7. The van der Waals surface area contributed by atoms with Crippen molar-refractivity contribution in [3.63, 3.8) is 0 Å². The van der Waals surface area contributed by atoms with Gasteiger partial charge in [0.05, 0.1) is 27.6 Å². The van der Waals surface area contributed by atoms with E-state index in [1.54, 1.807) is 0 Å². The molecule has 0 aliphatic heterocycles. The molecule has 11 rings (SSSR count). The lowest BCUT2D eigenvalue weighted by molar-refractivity contribution is 1.07. The zero-order chi connectivity index (χ0) is 34.2. The highest BCUT2D eigenvalue weighted by Gasteiger charge is 2.21. The second-order valence-electron chi connectivity index (χ2n) is 13.3. The van der Waals surface area contributed by atoms with E-state index in [9.17, 15) is 0 Å². The van der Waals surface area contributed by atoms with Crippen LogP contribution in [0.5, 0.6) is 0 Å². The van der Waals surface area contributed by atoms with Gasteiger partial charge in [0.1, 0.15) is 0 Å². The van der Waals surface area contributed by atoms with Crippen molar-refractivity contribution in [2.45, 2.75) is 0 Å². The lowest BCUT2D eigenvalue weighted by Gasteiger charge is -2.15. The Balaban J connectivity index is 1.24. The molecule has 0 bridgehead atoms. The maximum atomic E-state index is 5.06. The van der Waals surface area contributed by atoms with Gasteiger partial charge in [0.2, 0.25) is 0 Å². The van der Waals surface area contributed by atoms with E-state index in [-0.39, 0.29) is 0 Å². The highest BCUT2D eigenvalue weighted by molar-refractivity contribution is 6.25. The Bertz CT molecular complexity index is 3120. The molecule has 11 aromatic rings. The van der Waals surface area contributed by atoms with Crippen LogP contribution in [0.1, 0.15) is 0 Å². The molecule has 0 saturated heterocycles. The van der Waals surface area contributed by atoms with Crippen molar-refractivity contribution in [2.75, 3.05) is 0 Å². The Hall–Kier alpha value is -7.11. The minimum absolute atomic E-state index is 0.630. The molecule has 0 saturated carbocycles. The van der Waals surface area contributed by atoms with Gasteiger partial charge in [0.25, 0.3) is 0 Å². The molecule has 5 nitrogen and oxygen atoms in total. The third kappa shape index (κ3) is 4.26. The standard InChI is InChI=1S/C47H29N5/c1-3-14-30(15-4-1)45-48-46(31-16-5-2-6-17-31)50-47(49-45)33-19-13-20-34(28-33)51-41-25-12-10-23-37(41)39-27-26-38-35-21-8-9-22-36(35)42-29-32-18-7-11-24-40(32)52(42)44(38)43(39)51/h1-29H. The minimum Gasteiger partial charge on any atom is -0.307 e. The number of pyridine rings is 1. The zero-order valence-electron chi connectivity index (χ0n) is 28.0. The summed E-state index contributed by atoms with van der Waals surface area (Å²) in [6.45, 7) is 0. The van der Waals surface area contributed by atoms with Crippen LogP contribution in [0, 0.1) is 0 Å². The van der Waals surface area contributed by atoms with Crippen LogP contribution >= 0.6 is 0 Å². The summed E-state index contributed by atoms with van der Waals surface area (Å²) in [5.74, 6) is 1.92. The van der Waals surface area contributed by atoms with Gasteiger partial charge in [-0.15, -0.1) is 0 Å². The first-order valence-corrected chi connectivity index (χ1v) is 17.5. The third-order valence-corrected chi connectivity index (χ3v) is 10.3. The van der Waals surface area contributed by atoms with E-state index in [4.69, 9.17) is 15.0 Å². The average molecular weight is 664 g/mol. The molecule has 0 atom stereocenters. The molecule has 0 amide bonds. The van der Waals surface area contributed by atoms with Crippen LogP contribution < -0.4 is 0 Å². The van der Waals surface area contributed by atoms with Gasteiger partial charge in [0.15, 0.2) is 17.5 Å². The molecular weight excluding hydrogens is 635 g/mol. The van der Waals surface area contributed by atoms with Crippen molar-refractivity contribution in [2.24, 2.45) is 0 Å². The van der Waals surface area contributed by atoms with E-state index < -0.39 is 0 Å². The Morgan fingerprint density at radius 1 is 0.327 bits per heavy atom. The number of hydrogen-bond donors (Lipinski definition) is 0. The summed E-state index contributed by atoms with van der Waals surface area (Å²) in [6, 6.07) is 62.0. The van der Waals surface area contributed by atoms with E-state index in [0.717, 1.165) is 27.9 Å². The zero-order valence-corrected chi connectivity index (χ0v) is 28.0. The summed E-state index contributed by atoms with van der Waals surface area (Å²) < 4.78 is 4.90. The van der Waals surface area contributed by atoms with Crippen molar-refractivity contribution in [3.8, 4) is 39.9 Å². The van der Waals surface area contributed by atoms with Gasteiger partial charge in [-0.25, -0.2) is 15.0 Å². The third-order valence-electron chi connectivity index (χ3n) is 10.3. The first kappa shape index (κ1) is 28.7. The molecule has 0 aliphatic carbocycles. The monoisotopic (exact) mass is 663 g/mol. The summed E-state index contributed by atoms with van der Waals surface area (Å²) in [4.78, 5) is 15.1. The maximum Gasteiger partial charge on any atom is 0.164 e. The molecule has 0 aliphatic rings. The fourth-order valence-electron chi connectivity index (χ4n) is 8.01. The second kappa shape index (κ2) is 11.2. The normalized spacial score (nSPS) is 11.8. The van der Waals surface area contributed by atoms with Gasteiger partial charge in [0, 0.05) is 49.3 Å². The molecule has 0 radical (unpaired) electrons. The SMILES string of the molecule is c1ccc(-c2nc(-c3ccccc3)nc(-c3cccc(-n4c5ccccc5c5ccc6c7ccccc7c7cc8ccccc8n7c6c54)c3)n2)cc1. The lowest BCUT2D eigenvalue weighted by Crippen LogP contribution is -2.01. The van der Waals surface area contributed by atoms with Crippen LogP contribution in [0.15, 0.2) is 176 Å². The highest BCUT2D eigenvalue weighted by Crippen LogP contribution is 2.42. The largest absolute Gasteiger partial charge is 0.307 e. The second-order valence-corrected chi connectivity index (χ2v) is 13.3. The molecule has 4 aromatic heterocycles. The minimum atomic E-state index is 0.630. The Labute approximate surface area is 298 Å². The average Bonchev–Trinajstić information content (AvgIpc) is 3.78. The molecular formula is C47H29N5. The van der Waals surface area contributed by atoms with Crippen LogP contribution in [0.3, 0.4) is 0 Å². The van der Waals surface area contributed by atoms with Gasteiger partial charge in [-0.1, -0.05) is 146 Å². The number of nitrogens with zero attached hydrogens (tertiary/aromatic N) is 5. The Morgan fingerprint density at radius 3 is 1.54 bits per heavy atom. The van der Waals surface area contributed by atoms with E-state index >= 15 is 0 Å². The van der Waals surface area contributed by atoms with Crippen LogP contribution in [-0.2, 0) is 0 Å². The molecule has 0 fully saturated rings. The van der Waals surface area contributed by atoms with Crippen LogP contribution in [0.25, 0.3) is 99.8 Å². The van der Waals surface area contributed by atoms with Gasteiger partial charge in [-0.3, -0.25) is 0 Å². The Kier molecular flexibility index (Phi) is 6.18. The quantitative estimate of drug-likeness (QED) is 0.176. The van der Waals surface area contributed by atoms with Gasteiger partial charge >= 0.3 is 0 Å². The summed E-state index contributed by atoms with van der Waals surface area (Å²) in [6.07, 6.45) is 0. The van der Waals surface area contributed by atoms with E-state index in [2.05, 4.69) is 124 Å². The van der Waals surface area contributed by atoms with E-state index in [1.807, 2.05) is 60.7 Å².